The predicted molar refractivity (Wildman–Crippen MR) is 68.1 cm³/mol. The van der Waals surface area contributed by atoms with Gasteiger partial charge in [0, 0.05) is 22.1 Å². The van der Waals surface area contributed by atoms with Gasteiger partial charge in [-0.25, -0.2) is 0 Å². The second-order valence-electron chi connectivity index (χ2n) is 3.07. The van der Waals surface area contributed by atoms with Crippen molar-refractivity contribution >= 4 is 40.2 Å². The molecule has 0 bridgehead atoms. The van der Waals surface area contributed by atoms with Crippen molar-refractivity contribution in [2.75, 3.05) is 5.32 Å². The van der Waals surface area contributed by atoms with Gasteiger partial charge in [-0.3, -0.25) is 0 Å². The van der Waals surface area contributed by atoms with Gasteiger partial charge in [0.15, 0.2) is 0 Å². The van der Waals surface area contributed by atoms with E-state index in [2.05, 4.69) is 5.32 Å². The molecule has 2 rings (SSSR count). The van der Waals surface area contributed by atoms with E-state index in [9.17, 15) is 0 Å². The summed E-state index contributed by atoms with van der Waals surface area (Å²) in [7, 11) is 0. The van der Waals surface area contributed by atoms with Crippen LogP contribution in [0.1, 0.15) is 4.88 Å². The molecular formula is C11H9Cl2NS. The Hall–Kier alpha value is -0.700. The van der Waals surface area contributed by atoms with Crippen molar-refractivity contribution in [1.82, 2.24) is 0 Å². The molecule has 0 unspecified atom stereocenters. The average molecular weight is 258 g/mol. The summed E-state index contributed by atoms with van der Waals surface area (Å²) in [4.78, 5) is 1.22. The monoisotopic (exact) mass is 257 g/mol. The van der Waals surface area contributed by atoms with E-state index < -0.39 is 0 Å². The molecule has 0 aliphatic rings. The Kier molecular flexibility index (Phi) is 3.52. The van der Waals surface area contributed by atoms with Crippen LogP contribution in [0.4, 0.5) is 5.69 Å². The summed E-state index contributed by atoms with van der Waals surface area (Å²) in [5.41, 5.74) is 1.06. The van der Waals surface area contributed by atoms with E-state index in [1.54, 1.807) is 11.3 Å². The van der Waals surface area contributed by atoms with Crippen molar-refractivity contribution in [3.05, 3.63) is 50.6 Å². The fourth-order valence-electron chi connectivity index (χ4n) is 1.20. The van der Waals surface area contributed by atoms with Gasteiger partial charge in [-0.2, -0.15) is 0 Å². The molecule has 0 aliphatic heterocycles. The first-order valence-electron chi connectivity index (χ1n) is 4.48. The van der Waals surface area contributed by atoms with Crippen molar-refractivity contribution in [3.63, 3.8) is 0 Å². The second-order valence-corrected chi connectivity index (χ2v) is 5.30. The highest BCUT2D eigenvalue weighted by Crippen LogP contribution is 2.22. The number of halogens is 2. The zero-order valence-corrected chi connectivity index (χ0v) is 10.2. The van der Waals surface area contributed by atoms with Crippen LogP contribution in [0.15, 0.2) is 36.4 Å². The molecule has 1 heterocycles. The van der Waals surface area contributed by atoms with Gasteiger partial charge in [-0.15, -0.1) is 11.3 Å². The minimum Gasteiger partial charge on any atom is -0.380 e. The molecule has 78 valence electrons. The summed E-state index contributed by atoms with van der Waals surface area (Å²) in [5, 5.41) is 4.04. The summed E-state index contributed by atoms with van der Waals surface area (Å²) in [6.45, 7) is 0.791. The van der Waals surface area contributed by atoms with Crippen LogP contribution in [0.25, 0.3) is 0 Å². The molecule has 1 nitrogen and oxygen atoms in total. The summed E-state index contributed by atoms with van der Waals surface area (Å²) in [6.07, 6.45) is 0. The maximum absolute atomic E-state index is 5.84. The lowest BCUT2D eigenvalue weighted by Crippen LogP contribution is -1.96. The van der Waals surface area contributed by atoms with E-state index in [4.69, 9.17) is 23.2 Å². The first-order valence-corrected chi connectivity index (χ1v) is 6.05. The van der Waals surface area contributed by atoms with Crippen LogP contribution < -0.4 is 5.32 Å². The van der Waals surface area contributed by atoms with Gasteiger partial charge < -0.3 is 5.32 Å². The molecule has 4 heteroatoms. The van der Waals surface area contributed by atoms with E-state index in [1.807, 2.05) is 36.4 Å². The molecule has 1 aromatic heterocycles. The molecule has 0 saturated carbocycles. The van der Waals surface area contributed by atoms with Crippen molar-refractivity contribution < 1.29 is 0 Å². The first-order chi connectivity index (χ1) is 7.24. The third kappa shape index (κ3) is 3.13. The van der Waals surface area contributed by atoms with Crippen molar-refractivity contribution in [3.8, 4) is 0 Å². The fraction of sp³-hybridized carbons (Fsp3) is 0.0909. The van der Waals surface area contributed by atoms with E-state index in [1.165, 1.54) is 4.88 Å². The summed E-state index contributed by atoms with van der Waals surface area (Å²) < 4.78 is 0.822. The Bertz CT molecular complexity index is 436. The molecule has 0 fully saturated rings. The van der Waals surface area contributed by atoms with Gasteiger partial charge >= 0.3 is 0 Å². The van der Waals surface area contributed by atoms with Gasteiger partial charge in [-0.05, 0) is 36.4 Å². The molecule has 2 aromatic rings. The van der Waals surface area contributed by atoms with Crippen LogP contribution in [0, 0.1) is 0 Å². The lowest BCUT2D eigenvalue weighted by Gasteiger charge is -2.04. The number of thiophene rings is 1. The molecule has 0 saturated heterocycles. The fourth-order valence-corrected chi connectivity index (χ4v) is 2.36. The lowest BCUT2D eigenvalue weighted by molar-refractivity contribution is 1.19. The summed E-state index contributed by atoms with van der Waals surface area (Å²) >= 11 is 13.2. The van der Waals surface area contributed by atoms with Gasteiger partial charge in [0.1, 0.15) is 0 Å². The number of hydrogen-bond acceptors (Lipinski definition) is 2. The zero-order chi connectivity index (χ0) is 10.7. The maximum atomic E-state index is 5.84. The molecule has 0 radical (unpaired) electrons. The molecule has 0 atom stereocenters. The molecule has 1 N–H and O–H groups in total. The van der Waals surface area contributed by atoms with Crippen LogP contribution in [-0.4, -0.2) is 0 Å². The van der Waals surface area contributed by atoms with E-state index >= 15 is 0 Å². The van der Waals surface area contributed by atoms with Crippen LogP contribution >= 0.6 is 34.5 Å². The minimum absolute atomic E-state index is 0.750. The van der Waals surface area contributed by atoms with Crippen LogP contribution in [0.2, 0.25) is 9.36 Å². The third-order valence-corrected chi connectivity index (χ3v) is 3.42. The summed E-state index contributed by atoms with van der Waals surface area (Å²) in [5.74, 6) is 0. The molecule has 15 heavy (non-hydrogen) atoms. The molecular weight excluding hydrogens is 249 g/mol. The number of rotatable bonds is 3. The number of hydrogen-bond donors (Lipinski definition) is 1. The van der Waals surface area contributed by atoms with E-state index in [0.717, 1.165) is 21.6 Å². The van der Waals surface area contributed by atoms with E-state index in [-0.39, 0.29) is 0 Å². The third-order valence-electron chi connectivity index (χ3n) is 1.94. The standard InChI is InChI=1S/C11H9Cl2NS/c12-8-1-3-9(4-2-8)14-7-10-5-6-11(13)15-10/h1-6,14H,7H2. The van der Waals surface area contributed by atoms with Crippen LogP contribution in [0.3, 0.4) is 0 Å². The van der Waals surface area contributed by atoms with Crippen molar-refractivity contribution in [1.29, 1.82) is 0 Å². The van der Waals surface area contributed by atoms with Gasteiger partial charge in [0.25, 0.3) is 0 Å². The Morgan fingerprint density at radius 3 is 2.33 bits per heavy atom. The van der Waals surface area contributed by atoms with Gasteiger partial charge in [0.2, 0.25) is 0 Å². The number of anilines is 1. The largest absolute Gasteiger partial charge is 0.380 e. The van der Waals surface area contributed by atoms with Gasteiger partial charge in [0.05, 0.1) is 4.34 Å². The van der Waals surface area contributed by atoms with Crippen LogP contribution in [-0.2, 0) is 6.54 Å². The first kappa shape index (κ1) is 10.8. The van der Waals surface area contributed by atoms with Crippen molar-refractivity contribution in [2.45, 2.75) is 6.54 Å². The second kappa shape index (κ2) is 4.88. The van der Waals surface area contributed by atoms with Crippen molar-refractivity contribution in [2.24, 2.45) is 0 Å². The normalized spacial score (nSPS) is 10.3. The van der Waals surface area contributed by atoms with Crippen LogP contribution in [0.5, 0.6) is 0 Å². The SMILES string of the molecule is Clc1ccc(NCc2ccc(Cl)s2)cc1. The predicted octanol–water partition coefficient (Wildman–Crippen LogP) is 4.67. The van der Waals surface area contributed by atoms with E-state index in [0.29, 0.717) is 0 Å². The highest BCUT2D eigenvalue weighted by molar-refractivity contribution is 7.16. The average Bonchev–Trinajstić information content (AvgIpc) is 2.64. The highest BCUT2D eigenvalue weighted by atomic mass is 35.5. The lowest BCUT2D eigenvalue weighted by atomic mass is 10.3. The van der Waals surface area contributed by atoms with Gasteiger partial charge in [-0.1, -0.05) is 23.2 Å². The quantitative estimate of drug-likeness (QED) is 0.843. The number of benzene rings is 1. The molecule has 1 aromatic carbocycles. The summed E-state index contributed by atoms with van der Waals surface area (Å²) in [6, 6.07) is 11.6. The Morgan fingerprint density at radius 1 is 1.00 bits per heavy atom. The highest BCUT2D eigenvalue weighted by Gasteiger charge is 1.97. The molecule has 0 amide bonds. The molecule has 0 spiro atoms. The number of nitrogens with one attached hydrogen (secondary N) is 1. The zero-order valence-electron chi connectivity index (χ0n) is 7.84. The minimum atomic E-state index is 0.750. The maximum Gasteiger partial charge on any atom is 0.0931 e. The Balaban J connectivity index is 1.96. The molecule has 0 aliphatic carbocycles. The Labute approximate surface area is 103 Å². The Morgan fingerprint density at radius 2 is 1.73 bits per heavy atom. The topological polar surface area (TPSA) is 12.0 Å². The smallest absolute Gasteiger partial charge is 0.0931 e.